The van der Waals surface area contributed by atoms with Crippen LogP contribution < -0.4 is 14.8 Å². The summed E-state index contributed by atoms with van der Waals surface area (Å²) in [7, 11) is 2.91. The average Bonchev–Trinajstić information content (AvgIpc) is 3.09. The van der Waals surface area contributed by atoms with E-state index in [0.717, 1.165) is 0 Å². The first kappa shape index (κ1) is 16.4. The van der Waals surface area contributed by atoms with Crippen molar-refractivity contribution in [2.45, 2.75) is 6.92 Å². The molecule has 0 saturated carbocycles. The van der Waals surface area contributed by atoms with E-state index in [2.05, 4.69) is 5.32 Å². The number of esters is 1. The molecule has 1 aromatic carbocycles. The van der Waals surface area contributed by atoms with E-state index in [9.17, 15) is 9.59 Å². The number of amides is 1. The van der Waals surface area contributed by atoms with Gasteiger partial charge in [0.25, 0.3) is 5.91 Å². The maximum atomic E-state index is 12.1. The number of carbonyl (C=O) groups is 2. The van der Waals surface area contributed by atoms with E-state index in [-0.39, 0.29) is 23.6 Å². The van der Waals surface area contributed by atoms with Crippen LogP contribution in [0.5, 0.6) is 11.5 Å². The Labute approximate surface area is 133 Å². The van der Waals surface area contributed by atoms with Crippen LogP contribution in [-0.4, -0.2) is 32.7 Å². The minimum Gasteiger partial charge on any atom is -0.493 e. The van der Waals surface area contributed by atoms with Gasteiger partial charge < -0.3 is 23.9 Å². The van der Waals surface area contributed by atoms with E-state index in [1.165, 1.54) is 38.7 Å². The second kappa shape index (κ2) is 7.35. The van der Waals surface area contributed by atoms with Crippen molar-refractivity contribution in [1.29, 1.82) is 0 Å². The molecule has 0 spiro atoms. The third kappa shape index (κ3) is 3.63. The molecule has 0 saturated heterocycles. The molecule has 2 aromatic rings. The highest BCUT2D eigenvalue weighted by atomic mass is 16.5. The van der Waals surface area contributed by atoms with Gasteiger partial charge in [-0.1, -0.05) is 0 Å². The lowest BCUT2D eigenvalue weighted by atomic mass is 10.1. The number of hydrogen-bond donors (Lipinski definition) is 1. The average molecular weight is 319 g/mol. The van der Waals surface area contributed by atoms with Crippen LogP contribution in [0, 0.1) is 0 Å². The highest BCUT2D eigenvalue weighted by Gasteiger charge is 2.20. The molecule has 2 rings (SSSR count). The monoisotopic (exact) mass is 319 g/mol. The summed E-state index contributed by atoms with van der Waals surface area (Å²) in [5, 5.41) is 2.61. The molecular weight excluding hydrogens is 302 g/mol. The Bertz CT molecular complexity index is 693. The lowest BCUT2D eigenvalue weighted by Gasteiger charge is -2.14. The zero-order valence-electron chi connectivity index (χ0n) is 13.0. The summed E-state index contributed by atoms with van der Waals surface area (Å²) in [6.45, 7) is 1.90. The summed E-state index contributed by atoms with van der Waals surface area (Å²) in [5.41, 5.74) is 0.395. The summed E-state index contributed by atoms with van der Waals surface area (Å²) in [6, 6.07) is 6.05. The van der Waals surface area contributed by atoms with Crippen molar-refractivity contribution in [3.8, 4) is 11.5 Å². The lowest BCUT2D eigenvalue weighted by molar-refractivity contribution is 0.0527. The molecule has 0 aliphatic rings. The molecule has 0 radical (unpaired) electrons. The Hall–Kier alpha value is -2.96. The minimum absolute atomic E-state index is 0.120. The van der Waals surface area contributed by atoms with Gasteiger partial charge in [-0.15, -0.1) is 0 Å². The standard InChI is InChI=1S/C16H17NO6/c1-4-22-16(19)10-8-13(20-2)14(21-3)9-11(10)17-15(18)12-6-5-7-23-12/h5-9H,4H2,1-3H3,(H,17,18). The van der Waals surface area contributed by atoms with Gasteiger partial charge in [-0.25, -0.2) is 4.79 Å². The van der Waals surface area contributed by atoms with Crippen LogP contribution in [0.1, 0.15) is 27.8 Å². The van der Waals surface area contributed by atoms with Crippen molar-refractivity contribution in [2.75, 3.05) is 26.1 Å². The molecule has 1 aromatic heterocycles. The number of furan rings is 1. The summed E-state index contributed by atoms with van der Waals surface area (Å²) >= 11 is 0. The SMILES string of the molecule is CCOC(=O)c1cc(OC)c(OC)cc1NC(=O)c1ccco1. The highest BCUT2D eigenvalue weighted by Crippen LogP contribution is 2.34. The minimum atomic E-state index is -0.580. The normalized spacial score (nSPS) is 10.0. The number of hydrogen-bond acceptors (Lipinski definition) is 6. The molecule has 23 heavy (non-hydrogen) atoms. The number of carbonyl (C=O) groups excluding carboxylic acids is 2. The number of methoxy groups -OCH3 is 2. The Balaban J connectivity index is 2.42. The topological polar surface area (TPSA) is 87.0 Å². The second-order valence-electron chi connectivity index (χ2n) is 4.40. The van der Waals surface area contributed by atoms with Crippen LogP contribution in [0.4, 0.5) is 5.69 Å². The number of rotatable bonds is 6. The van der Waals surface area contributed by atoms with Gasteiger partial charge in [0.15, 0.2) is 17.3 Å². The van der Waals surface area contributed by atoms with E-state index in [4.69, 9.17) is 18.6 Å². The first-order valence-electron chi connectivity index (χ1n) is 6.88. The van der Waals surface area contributed by atoms with Crippen LogP contribution in [0.25, 0.3) is 0 Å². The van der Waals surface area contributed by atoms with Crippen molar-refractivity contribution < 1.29 is 28.2 Å². The maximum absolute atomic E-state index is 12.1. The van der Waals surface area contributed by atoms with Gasteiger partial charge in [-0.05, 0) is 19.1 Å². The van der Waals surface area contributed by atoms with Gasteiger partial charge in [0.1, 0.15) is 0 Å². The third-order valence-corrected chi connectivity index (χ3v) is 3.01. The van der Waals surface area contributed by atoms with E-state index in [1.54, 1.807) is 13.0 Å². The largest absolute Gasteiger partial charge is 0.493 e. The summed E-state index contributed by atoms with van der Waals surface area (Å²) in [6.07, 6.45) is 1.38. The molecule has 1 N–H and O–H groups in total. The molecule has 0 bridgehead atoms. The number of anilines is 1. The molecule has 0 unspecified atom stereocenters. The number of ether oxygens (including phenoxy) is 3. The molecule has 7 heteroatoms. The smallest absolute Gasteiger partial charge is 0.340 e. The Morgan fingerprint density at radius 2 is 1.87 bits per heavy atom. The summed E-state index contributed by atoms with van der Waals surface area (Å²) < 4.78 is 20.4. The Morgan fingerprint density at radius 1 is 1.17 bits per heavy atom. The van der Waals surface area contributed by atoms with E-state index in [0.29, 0.717) is 11.5 Å². The van der Waals surface area contributed by atoms with Crippen molar-refractivity contribution in [1.82, 2.24) is 0 Å². The molecule has 0 fully saturated rings. The van der Waals surface area contributed by atoms with Crippen LogP contribution in [-0.2, 0) is 4.74 Å². The summed E-state index contributed by atoms with van der Waals surface area (Å²) in [4.78, 5) is 24.2. The second-order valence-corrected chi connectivity index (χ2v) is 4.40. The first-order chi connectivity index (χ1) is 11.1. The van der Waals surface area contributed by atoms with E-state index < -0.39 is 11.9 Å². The summed E-state index contributed by atoms with van der Waals surface area (Å²) in [5.74, 6) is -0.229. The Kier molecular flexibility index (Phi) is 5.24. The van der Waals surface area contributed by atoms with Crippen molar-refractivity contribution in [2.24, 2.45) is 0 Å². The third-order valence-electron chi connectivity index (χ3n) is 3.01. The quantitative estimate of drug-likeness (QED) is 0.824. The molecule has 1 heterocycles. The van der Waals surface area contributed by atoms with Gasteiger partial charge in [0.05, 0.1) is 38.3 Å². The van der Waals surface area contributed by atoms with Crippen LogP contribution in [0.2, 0.25) is 0 Å². The van der Waals surface area contributed by atoms with Crippen LogP contribution in [0.15, 0.2) is 34.9 Å². The lowest BCUT2D eigenvalue weighted by Crippen LogP contribution is -2.16. The molecule has 0 aliphatic heterocycles. The predicted octanol–water partition coefficient (Wildman–Crippen LogP) is 2.73. The van der Waals surface area contributed by atoms with Gasteiger partial charge in [0.2, 0.25) is 0 Å². The van der Waals surface area contributed by atoms with E-state index in [1.807, 2.05) is 0 Å². The zero-order valence-corrected chi connectivity index (χ0v) is 13.0. The fourth-order valence-corrected chi connectivity index (χ4v) is 1.95. The molecule has 0 atom stereocenters. The van der Waals surface area contributed by atoms with Crippen molar-refractivity contribution in [3.63, 3.8) is 0 Å². The van der Waals surface area contributed by atoms with Crippen LogP contribution in [0.3, 0.4) is 0 Å². The molecule has 7 nitrogen and oxygen atoms in total. The van der Waals surface area contributed by atoms with Gasteiger partial charge in [-0.2, -0.15) is 0 Å². The molecular formula is C16H17NO6. The van der Waals surface area contributed by atoms with Gasteiger partial charge in [0, 0.05) is 12.1 Å². The van der Waals surface area contributed by atoms with Crippen molar-refractivity contribution in [3.05, 3.63) is 41.9 Å². The fourth-order valence-electron chi connectivity index (χ4n) is 1.95. The molecule has 0 aliphatic carbocycles. The Morgan fingerprint density at radius 3 is 2.43 bits per heavy atom. The fraction of sp³-hybridized carbons (Fsp3) is 0.250. The highest BCUT2D eigenvalue weighted by molar-refractivity contribution is 6.07. The molecule has 122 valence electrons. The van der Waals surface area contributed by atoms with Crippen LogP contribution >= 0.6 is 0 Å². The van der Waals surface area contributed by atoms with Gasteiger partial charge >= 0.3 is 5.97 Å². The zero-order chi connectivity index (χ0) is 16.8. The predicted molar refractivity (Wildman–Crippen MR) is 82.2 cm³/mol. The van der Waals surface area contributed by atoms with E-state index >= 15 is 0 Å². The van der Waals surface area contributed by atoms with Gasteiger partial charge in [-0.3, -0.25) is 4.79 Å². The maximum Gasteiger partial charge on any atom is 0.340 e. The molecule has 1 amide bonds. The van der Waals surface area contributed by atoms with Crippen molar-refractivity contribution >= 4 is 17.6 Å². The number of nitrogens with one attached hydrogen (secondary N) is 1. The first-order valence-corrected chi connectivity index (χ1v) is 6.88. The number of benzene rings is 1.